The third-order valence-corrected chi connectivity index (χ3v) is 7.07. The van der Waals surface area contributed by atoms with Crippen LogP contribution in [0.25, 0.3) is 10.8 Å². The van der Waals surface area contributed by atoms with Gasteiger partial charge in [0.25, 0.3) is 0 Å². The van der Waals surface area contributed by atoms with Gasteiger partial charge in [-0.2, -0.15) is 0 Å². The van der Waals surface area contributed by atoms with Gasteiger partial charge in [-0.3, -0.25) is 9.59 Å². The van der Waals surface area contributed by atoms with E-state index in [1.165, 1.54) is 21.9 Å². The number of ether oxygens (including phenoxy) is 1. The molecule has 1 heterocycles. The van der Waals surface area contributed by atoms with Crippen LogP contribution in [0.4, 0.5) is 0 Å². The van der Waals surface area contributed by atoms with E-state index in [2.05, 4.69) is 79.0 Å². The number of esters is 1. The lowest BCUT2D eigenvalue weighted by molar-refractivity contribution is -0.143. The summed E-state index contributed by atoms with van der Waals surface area (Å²) in [5, 5.41) is 6.29. The van der Waals surface area contributed by atoms with Crippen molar-refractivity contribution >= 4 is 22.6 Å². The molecule has 0 unspecified atom stereocenters. The molecule has 0 spiro atoms. The number of nitrogens with zero attached hydrogens (tertiary/aromatic N) is 1. The van der Waals surface area contributed by atoms with Gasteiger partial charge in [-0.1, -0.05) is 72.8 Å². The highest BCUT2D eigenvalue weighted by atomic mass is 16.5. The Morgan fingerprint density at radius 3 is 2.51 bits per heavy atom. The zero-order chi connectivity index (χ0) is 24.6. The number of nitrogens with one attached hydrogen (secondary N) is 1. The van der Waals surface area contributed by atoms with Gasteiger partial charge in [-0.25, -0.2) is 0 Å². The lowest BCUT2D eigenvalue weighted by Crippen LogP contribution is -2.32. The second-order valence-electron chi connectivity index (χ2n) is 9.43. The van der Waals surface area contributed by atoms with E-state index in [4.69, 9.17) is 4.74 Å². The Balaban J connectivity index is 1.41. The van der Waals surface area contributed by atoms with Gasteiger partial charge in [0, 0.05) is 44.4 Å². The lowest BCUT2D eigenvalue weighted by Gasteiger charge is -2.23. The van der Waals surface area contributed by atoms with E-state index in [0.29, 0.717) is 31.8 Å². The number of rotatable bonds is 10. The summed E-state index contributed by atoms with van der Waals surface area (Å²) in [6.07, 6.45) is 1.21. The number of likely N-dealkylation sites (tertiary alicyclic amines) is 1. The molecule has 0 aromatic heterocycles. The molecular formula is C30H36N2O3. The SMILES string of the molecule is CCOC(=O)CCCC(=O)N1C[C@@H](CN[C@H](C)c2cccc3ccccc23)[C@@H](c2ccccc2)C1. The van der Waals surface area contributed by atoms with Gasteiger partial charge in [-0.15, -0.1) is 0 Å². The van der Waals surface area contributed by atoms with E-state index in [-0.39, 0.29) is 23.8 Å². The summed E-state index contributed by atoms with van der Waals surface area (Å²) in [4.78, 5) is 26.6. The van der Waals surface area contributed by atoms with E-state index < -0.39 is 0 Å². The molecule has 1 N–H and O–H groups in total. The fourth-order valence-electron chi connectivity index (χ4n) is 5.20. The summed E-state index contributed by atoms with van der Waals surface area (Å²) in [7, 11) is 0. The van der Waals surface area contributed by atoms with Crippen molar-refractivity contribution in [1.82, 2.24) is 10.2 Å². The minimum Gasteiger partial charge on any atom is -0.466 e. The summed E-state index contributed by atoms with van der Waals surface area (Å²) in [5.41, 5.74) is 2.57. The van der Waals surface area contributed by atoms with Crippen LogP contribution in [0.2, 0.25) is 0 Å². The summed E-state index contributed by atoms with van der Waals surface area (Å²) < 4.78 is 4.99. The molecule has 0 aliphatic carbocycles. The van der Waals surface area contributed by atoms with Gasteiger partial charge >= 0.3 is 5.97 Å². The molecule has 0 radical (unpaired) electrons. The fraction of sp³-hybridized carbons (Fsp3) is 0.400. The van der Waals surface area contributed by atoms with Crippen LogP contribution in [-0.2, 0) is 14.3 Å². The number of amides is 1. The standard InChI is InChI=1S/C30H36N2O3/c1-3-35-30(34)18-10-17-29(33)32-20-25(28(21-32)24-11-5-4-6-12-24)19-31-22(2)26-16-9-14-23-13-7-8-15-27(23)26/h4-9,11-16,22,25,28,31H,3,10,17-21H2,1-2H3/t22-,25-,28-/m1/s1. The maximum atomic E-state index is 13.0. The van der Waals surface area contributed by atoms with Gasteiger partial charge in [0.1, 0.15) is 0 Å². The first-order chi connectivity index (χ1) is 17.1. The molecule has 1 fully saturated rings. The molecule has 5 heteroatoms. The molecule has 1 aliphatic heterocycles. The molecule has 1 saturated heterocycles. The van der Waals surface area contributed by atoms with Crippen molar-refractivity contribution in [3.63, 3.8) is 0 Å². The molecule has 1 aliphatic rings. The number of carbonyl (C=O) groups is 2. The first-order valence-corrected chi connectivity index (χ1v) is 12.8. The van der Waals surface area contributed by atoms with E-state index >= 15 is 0 Å². The van der Waals surface area contributed by atoms with Crippen molar-refractivity contribution in [1.29, 1.82) is 0 Å². The maximum absolute atomic E-state index is 13.0. The average Bonchev–Trinajstić information content (AvgIpc) is 3.32. The van der Waals surface area contributed by atoms with Crippen LogP contribution in [0.5, 0.6) is 0 Å². The first kappa shape index (κ1) is 24.9. The predicted octanol–water partition coefficient (Wildman–Crippen LogP) is 5.47. The Labute approximate surface area is 208 Å². The Hall–Kier alpha value is -3.18. The number of benzene rings is 3. The average molecular weight is 473 g/mol. The van der Waals surface area contributed by atoms with Crippen molar-refractivity contribution < 1.29 is 14.3 Å². The van der Waals surface area contributed by atoms with Crippen LogP contribution in [0.15, 0.2) is 72.8 Å². The molecule has 184 valence electrons. The van der Waals surface area contributed by atoms with Crippen molar-refractivity contribution in [2.45, 2.75) is 45.1 Å². The molecule has 4 rings (SSSR count). The van der Waals surface area contributed by atoms with Crippen molar-refractivity contribution in [2.75, 3.05) is 26.2 Å². The topological polar surface area (TPSA) is 58.6 Å². The second-order valence-corrected chi connectivity index (χ2v) is 9.43. The van der Waals surface area contributed by atoms with Gasteiger partial charge < -0.3 is 15.0 Å². The van der Waals surface area contributed by atoms with E-state index in [9.17, 15) is 9.59 Å². The fourth-order valence-corrected chi connectivity index (χ4v) is 5.20. The van der Waals surface area contributed by atoms with E-state index in [1.807, 2.05) is 11.0 Å². The highest BCUT2D eigenvalue weighted by Crippen LogP contribution is 2.33. The monoisotopic (exact) mass is 472 g/mol. The summed E-state index contributed by atoms with van der Waals surface area (Å²) in [6.45, 7) is 6.67. The number of fused-ring (bicyclic) bond motifs is 1. The van der Waals surface area contributed by atoms with Crippen LogP contribution in [-0.4, -0.2) is 43.0 Å². The summed E-state index contributed by atoms with van der Waals surface area (Å²) >= 11 is 0. The van der Waals surface area contributed by atoms with Crippen molar-refractivity contribution in [2.24, 2.45) is 5.92 Å². The number of carbonyl (C=O) groups excluding carboxylic acids is 2. The largest absolute Gasteiger partial charge is 0.466 e. The molecule has 3 aromatic carbocycles. The highest BCUT2D eigenvalue weighted by Gasteiger charge is 2.35. The lowest BCUT2D eigenvalue weighted by atomic mass is 9.88. The zero-order valence-corrected chi connectivity index (χ0v) is 20.8. The van der Waals surface area contributed by atoms with Crippen LogP contribution in [0.3, 0.4) is 0 Å². The Morgan fingerprint density at radius 1 is 0.971 bits per heavy atom. The van der Waals surface area contributed by atoms with Crippen LogP contribution in [0, 0.1) is 5.92 Å². The summed E-state index contributed by atoms with van der Waals surface area (Å²) in [6, 6.07) is 25.7. The molecule has 35 heavy (non-hydrogen) atoms. The van der Waals surface area contributed by atoms with E-state index in [0.717, 1.165) is 19.6 Å². The van der Waals surface area contributed by atoms with Crippen LogP contribution in [0.1, 0.15) is 56.2 Å². The minimum atomic E-state index is -0.228. The normalized spacial score (nSPS) is 18.5. The summed E-state index contributed by atoms with van der Waals surface area (Å²) in [5.74, 6) is 0.509. The molecule has 3 atom stereocenters. The predicted molar refractivity (Wildman–Crippen MR) is 140 cm³/mol. The molecule has 3 aromatic rings. The Morgan fingerprint density at radius 2 is 1.71 bits per heavy atom. The van der Waals surface area contributed by atoms with Gasteiger partial charge in [0.15, 0.2) is 0 Å². The third-order valence-electron chi connectivity index (χ3n) is 7.07. The Kier molecular flexibility index (Phi) is 8.54. The van der Waals surface area contributed by atoms with Gasteiger partial charge in [0.2, 0.25) is 5.91 Å². The third kappa shape index (κ3) is 6.29. The molecular weight excluding hydrogens is 436 g/mol. The minimum absolute atomic E-state index is 0.125. The van der Waals surface area contributed by atoms with Crippen LogP contribution >= 0.6 is 0 Å². The molecule has 0 bridgehead atoms. The smallest absolute Gasteiger partial charge is 0.305 e. The number of hydrogen-bond donors (Lipinski definition) is 1. The van der Waals surface area contributed by atoms with Crippen molar-refractivity contribution in [3.8, 4) is 0 Å². The van der Waals surface area contributed by atoms with E-state index in [1.54, 1.807) is 6.92 Å². The molecule has 1 amide bonds. The quantitative estimate of drug-likeness (QED) is 0.398. The molecule has 5 nitrogen and oxygen atoms in total. The second kappa shape index (κ2) is 12.0. The van der Waals surface area contributed by atoms with Crippen molar-refractivity contribution in [3.05, 3.63) is 83.9 Å². The van der Waals surface area contributed by atoms with Gasteiger partial charge in [-0.05, 0) is 48.1 Å². The van der Waals surface area contributed by atoms with Crippen LogP contribution < -0.4 is 5.32 Å². The molecule has 0 saturated carbocycles. The van der Waals surface area contributed by atoms with Gasteiger partial charge in [0.05, 0.1) is 6.61 Å². The zero-order valence-electron chi connectivity index (χ0n) is 20.8. The number of hydrogen-bond acceptors (Lipinski definition) is 4. The highest BCUT2D eigenvalue weighted by molar-refractivity contribution is 5.86. The maximum Gasteiger partial charge on any atom is 0.305 e. The first-order valence-electron chi connectivity index (χ1n) is 12.8. The Bertz CT molecular complexity index is 1130.